The maximum absolute atomic E-state index is 13.5. The summed E-state index contributed by atoms with van der Waals surface area (Å²) in [4.78, 5) is 73.2. The number of hydrogen-bond acceptors (Lipinski definition) is 12. The van der Waals surface area contributed by atoms with Crippen molar-refractivity contribution in [1.82, 2.24) is 30.8 Å². The van der Waals surface area contributed by atoms with E-state index in [4.69, 9.17) is 14.5 Å². The zero-order chi connectivity index (χ0) is 37.8. The highest BCUT2D eigenvalue weighted by molar-refractivity contribution is 7.13. The van der Waals surface area contributed by atoms with Gasteiger partial charge in [-0.1, -0.05) is 25.3 Å². The molecule has 288 valence electrons. The molecule has 5 N–H and O–H groups in total. The Morgan fingerprint density at radius 2 is 1.80 bits per heavy atom. The van der Waals surface area contributed by atoms with Crippen LogP contribution in [0.15, 0.2) is 48.0 Å². The fourth-order valence-electron chi connectivity index (χ4n) is 7.19. The average molecular weight is 761 g/mol. The number of anilines is 3. The number of thiazole rings is 1. The number of nitrogens with zero attached hydrogens (tertiary/aromatic N) is 3. The molecule has 2 fully saturated rings. The molecule has 1 atom stereocenters. The third-order valence-corrected chi connectivity index (χ3v) is 10.6. The van der Waals surface area contributed by atoms with E-state index in [0.29, 0.717) is 70.2 Å². The summed E-state index contributed by atoms with van der Waals surface area (Å²) >= 11 is 1.51. The lowest BCUT2D eigenvalue weighted by molar-refractivity contribution is -0.137. The zero-order valence-electron chi connectivity index (χ0n) is 30.3. The van der Waals surface area contributed by atoms with Crippen LogP contribution >= 0.6 is 11.3 Å². The Balaban J connectivity index is 0.805. The van der Waals surface area contributed by atoms with Crippen LogP contribution in [0.5, 0.6) is 0 Å². The Kier molecular flexibility index (Phi) is 13.7. The van der Waals surface area contributed by atoms with E-state index in [-0.39, 0.29) is 43.0 Å². The smallest absolute Gasteiger partial charge is 0.255 e. The van der Waals surface area contributed by atoms with Gasteiger partial charge in [0.25, 0.3) is 5.91 Å². The fraction of sp³-hybridized carbons (Fsp3) is 0.500. The lowest BCUT2D eigenvalue weighted by Crippen LogP contribution is -2.52. The molecule has 2 aliphatic heterocycles. The van der Waals surface area contributed by atoms with E-state index in [9.17, 15) is 24.0 Å². The molecule has 0 spiro atoms. The van der Waals surface area contributed by atoms with Crippen molar-refractivity contribution in [3.8, 4) is 0 Å². The van der Waals surface area contributed by atoms with Gasteiger partial charge < -0.3 is 35.6 Å². The van der Waals surface area contributed by atoms with Crippen molar-refractivity contribution in [1.29, 1.82) is 0 Å². The van der Waals surface area contributed by atoms with Gasteiger partial charge in [-0.25, -0.2) is 9.97 Å². The predicted octanol–water partition coefficient (Wildman–Crippen LogP) is 3.30. The van der Waals surface area contributed by atoms with Gasteiger partial charge in [0.05, 0.1) is 31.8 Å². The summed E-state index contributed by atoms with van der Waals surface area (Å²) in [7, 11) is 0. The van der Waals surface area contributed by atoms with Crippen molar-refractivity contribution in [3.05, 3.63) is 64.8 Å². The Morgan fingerprint density at radius 3 is 2.57 bits per heavy atom. The van der Waals surface area contributed by atoms with Crippen molar-refractivity contribution in [2.45, 2.75) is 70.4 Å². The monoisotopic (exact) mass is 760 g/mol. The van der Waals surface area contributed by atoms with Crippen molar-refractivity contribution >= 4 is 57.5 Å². The topological polar surface area (TPSA) is 193 Å². The van der Waals surface area contributed by atoms with E-state index in [1.165, 1.54) is 16.2 Å². The van der Waals surface area contributed by atoms with Crippen molar-refractivity contribution in [2.24, 2.45) is 5.41 Å². The van der Waals surface area contributed by atoms with E-state index in [1.54, 1.807) is 24.4 Å². The zero-order valence-corrected chi connectivity index (χ0v) is 31.1. The highest BCUT2D eigenvalue weighted by Gasteiger charge is 2.40. The molecular formula is C38H48N8O7S. The molecule has 5 amide bonds. The van der Waals surface area contributed by atoms with E-state index >= 15 is 0 Å². The molecule has 3 aromatic rings. The number of benzene rings is 1. The van der Waals surface area contributed by atoms with Crippen LogP contribution in [0.2, 0.25) is 0 Å². The summed E-state index contributed by atoms with van der Waals surface area (Å²) in [5.41, 5.74) is 2.21. The molecule has 2 aromatic heterocycles. The highest BCUT2D eigenvalue weighted by atomic mass is 32.1. The standard InChI is InChI=1S/C38H48N8O7S/c47-32-10-9-30(34(49)45-32)46-25-26-23-27(7-8-29(26)35(46)50)43-33(48)11-14-39-15-18-52-20-21-53-19-16-40-36(51)38(12-2-1-3-13-38)24-28-5-4-6-31(42-28)44-37-41-17-22-54-37/h4-8,17,22-23,30,39H,1-3,9-16,18-21,24-25H2,(H,40,51)(H,43,48)(H,41,42,44)(H,45,47,49). The lowest BCUT2D eigenvalue weighted by Gasteiger charge is -2.35. The van der Waals surface area contributed by atoms with Crippen LogP contribution in [-0.4, -0.2) is 96.5 Å². The Hall–Kier alpha value is -4.77. The second-order valence-electron chi connectivity index (χ2n) is 13.8. The number of pyridine rings is 1. The highest BCUT2D eigenvalue weighted by Crippen LogP contribution is 2.39. The van der Waals surface area contributed by atoms with Crippen LogP contribution in [0.3, 0.4) is 0 Å². The molecule has 54 heavy (non-hydrogen) atoms. The minimum Gasteiger partial charge on any atom is -0.378 e. The molecule has 1 unspecified atom stereocenters. The summed E-state index contributed by atoms with van der Waals surface area (Å²) in [6.45, 7) is 3.38. The van der Waals surface area contributed by atoms with Crippen molar-refractivity contribution < 1.29 is 33.4 Å². The number of nitrogens with one attached hydrogen (secondary N) is 5. The molecule has 6 rings (SSSR count). The summed E-state index contributed by atoms with van der Waals surface area (Å²) in [5.74, 6) is -0.428. The van der Waals surface area contributed by atoms with Gasteiger partial charge >= 0.3 is 0 Å². The first kappa shape index (κ1) is 38.9. The van der Waals surface area contributed by atoms with E-state index in [1.807, 2.05) is 23.6 Å². The first-order valence-electron chi connectivity index (χ1n) is 18.6. The number of carbonyl (C=O) groups is 5. The van der Waals surface area contributed by atoms with Gasteiger partial charge in [0.15, 0.2) is 5.13 Å². The van der Waals surface area contributed by atoms with Crippen LogP contribution in [-0.2, 0) is 41.6 Å². The van der Waals surface area contributed by atoms with Gasteiger partial charge in [-0.15, -0.1) is 11.3 Å². The summed E-state index contributed by atoms with van der Waals surface area (Å²) in [5, 5.41) is 17.4. The quantitative estimate of drug-likeness (QED) is 0.0890. The van der Waals surface area contributed by atoms with Crippen LogP contribution in [0, 0.1) is 5.41 Å². The Bertz CT molecular complexity index is 1780. The average Bonchev–Trinajstić information content (AvgIpc) is 3.79. The molecule has 1 saturated heterocycles. The number of imide groups is 1. The molecule has 1 saturated carbocycles. The Labute approximate surface area is 318 Å². The van der Waals surface area contributed by atoms with E-state index in [2.05, 4.69) is 31.6 Å². The first-order valence-corrected chi connectivity index (χ1v) is 19.5. The van der Waals surface area contributed by atoms with Gasteiger partial charge in [0.1, 0.15) is 11.9 Å². The fourth-order valence-corrected chi connectivity index (χ4v) is 7.73. The van der Waals surface area contributed by atoms with E-state index in [0.717, 1.165) is 54.3 Å². The number of piperidine rings is 1. The SMILES string of the molecule is O=C1CCC(N2Cc3cc(NC(=O)CCNCCOCCOCCNC(=O)C4(Cc5cccc(Nc6nccs6)n5)CCCCC4)ccc3C2=O)C(=O)N1. The second kappa shape index (κ2) is 19.0. The predicted molar refractivity (Wildman–Crippen MR) is 202 cm³/mol. The van der Waals surface area contributed by atoms with E-state index < -0.39 is 17.4 Å². The molecule has 1 aromatic carbocycles. The molecule has 3 aliphatic rings. The maximum Gasteiger partial charge on any atom is 0.255 e. The molecule has 15 nitrogen and oxygen atoms in total. The maximum atomic E-state index is 13.5. The molecule has 0 bridgehead atoms. The van der Waals surface area contributed by atoms with Crippen molar-refractivity contribution in [3.63, 3.8) is 0 Å². The van der Waals surface area contributed by atoms with Crippen LogP contribution in [0.1, 0.15) is 73.0 Å². The minimum atomic E-state index is -0.681. The number of carbonyl (C=O) groups excluding carboxylic acids is 5. The largest absolute Gasteiger partial charge is 0.378 e. The third-order valence-electron chi connectivity index (χ3n) is 9.95. The molecule has 16 heteroatoms. The lowest BCUT2D eigenvalue weighted by atomic mass is 9.70. The van der Waals surface area contributed by atoms with Crippen LogP contribution < -0.4 is 26.6 Å². The first-order chi connectivity index (χ1) is 26.3. The van der Waals surface area contributed by atoms with Gasteiger partial charge in [0, 0.05) is 74.0 Å². The molecule has 1 aliphatic carbocycles. The normalized spacial score (nSPS) is 17.9. The molecule has 0 radical (unpaired) electrons. The summed E-state index contributed by atoms with van der Waals surface area (Å²) < 4.78 is 11.3. The van der Waals surface area contributed by atoms with Crippen LogP contribution in [0.25, 0.3) is 0 Å². The number of rotatable bonds is 19. The van der Waals surface area contributed by atoms with Gasteiger partial charge in [-0.3, -0.25) is 29.3 Å². The molecular weight excluding hydrogens is 713 g/mol. The number of aromatic nitrogens is 2. The number of amides is 5. The number of hydrogen-bond donors (Lipinski definition) is 5. The van der Waals surface area contributed by atoms with Crippen molar-refractivity contribution in [2.75, 3.05) is 56.7 Å². The third kappa shape index (κ3) is 10.5. The van der Waals surface area contributed by atoms with Gasteiger partial charge in [-0.05, 0) is 55.2 Å². The minimum absolute atomic E-state index is 0.0593. The second-order valence-corrected chi connectivity index (χ2v) is 14.7. The van der Waals surface area contributed by atoms with Crippen LogP contribution in [0.4, 0.5) is 16.6 Å². The summed E-state index contributed by atoms with van der Waals surface area (Å²) in [6, 6.07) is 10.3. The van der Waals surface area contributed by atoms with Gasteiger partial charge in [0.2, 0.25) is 23.6 Å². The number of fused-ring (bicyclic) bond motifs is 1. The Morgan fingerprint density at radius 1 is 0.981 bits per heavy atom. The number of ether oxygens (including phenoxy) is 2. The molecule has 4 heterocycles. The summed E-state index contributed by atoms with van der Waals surface area (Å²) in [6.07, 6.45) is 7.94. The van der Waals surface area contributed by atoms with Gasteiger partial charge in [-0.2, -0.15) is 0 Å².